The van der Waals surface area contributed by atoms with Gasteiger partial charge in [-0.25, -0.2) is 0 Å². The number of rotatable bonds is 3. The fraction of sp³-hybridized carbons (Fsp3) is 0.474. The molecule has 25 heavy (non-hydrogen) atoms. The maximum Gasteiger partial charge on any atom is 0.255 e. The molecule has 0 radical (unpaired) electrons. The molecule has 0 N–H and O–H groups in total. The van der Waals surface area contributed by atoms with E-state index in [9.17, 15) is 4.79 Å². The second-order valence-electron chi connectivity index (χ2n) is 6.86. The molecule has 4 rings (SSSR count). The van der Waals surface area contributed by atoms with Crippen LogP contribution in [0.4, 0.5) is 0 Å². The van der Waals surface area contributed by atoms with Gasteiger partial charge >= 0.3 is 0 Å². The van der Waals surface area contributed by atoms with Gasteiger partial charge in [0.25, 0.3) is 5.91 Å². The van der Waals surface area contributed by atoms with E-state index >= 15 is 0 Å². The van der Waals surface area contributed by atoms with Crippen LogP contribution >= 0.6 is 11.3 Å². The van der Waals surface area contributed by atoms with Gasteiger partial charge in [0.1, 0.15) is 0 Å². The van der Waals surface area contributed by atoms with Crippen molar-refractivity contribution in [1.82, 2.24) is 14.8 Å². The van der Waals surface area contributed by atoms with Gasteiger partial charge in [0.05, 0.1) is 24.3 Å². The van der Waals surface area contributed by atoms with Crippen LogP contribution in [0.3, 0.4) is 0 Å². The molecule has 132 valence electrons. The number of amides is 1. The Bertz CT molecular complexity index is 697. The molecule has 5 nitrogen and oxygen atoms in total. The van der Waals surface area contributed by atoms with E-state index in [1.54, 1.807) is 12.4 Å². The van der Waals surface area contributed by atoms with Gasteiger partial charge in [0, 0.05) is 43.4 Å². The van der Waals surface area contributed by atoms with E-state index in [1.165, 1.54) is 4.88 Å². The third-order valence-electron chi connectivity index (χ3n) is 5.17. The Hall–Kier alpha value is -1.76. The maximum absolute atomic E-state index is 12.7. The molecule has 2 fully saturated rings. The highest BCUT2D eigenvalue weighted by atomic mass is 32.1. The van der Waals surface area contributed by atoms with Gasteiger partial charge in [-0.05, 0) is 36.4 Å². The summed E-state index contributed by atoms with van der Waals surface area (Å²) in [6, 6.07) is 7.95. The first-order chi connectivity index (χ1) is 12.2. The first-order valence-corrected chi connectivity index (χ1v) is 9.70. The molecule has 0 bridgehead atoms. The molecule has 0 aliphatic carbocycles. The van der Waals surface area contributed by atoms with Crippen molar-refractivity contribution in [1.29, 1.82) is 0 Å². The number of piperidine rings is 1. The van der Waals surface area contributed by atoms with Gasteiger partial charge in [0.15, 0.2) is 0 Å². The van der Waals surface area contributed by atoms with Gasteiger partial charge in [-0.2, -0.15) is 0 Å². The molecular weight excluding hydrogens is 334 g/mol. The molecular formula is C19H23N3O2S. The minimum Gasteiger partial charge on any atom is -0.371 e. The van der Waals surface area contributed by atoms with E-state index < -0.39 is 0 Å². The summed E-state index contributed by atoms with van der Waals surface area (Å²) in [5, 5.41) is 2.13. The molecule has 0 unspecified atom stereocenters. The lowest BCUT2D eigenvalue weighted by atomic mass is 9.89. The number of nitrogens with zero attached hydrogens (tertiary/aromatic N) is 3. The van der Waals surface area contributed by atoms with E-state index in [0.717, 1.165) is 32.5 Å². The first kappa shape index (κ1) is 16.7. The molecule has 1 amide bonds. The fourth-order valence-electron chi connectivity index (χ4n) is 3.73. The summed E-state index contributed by atoms with van der Waals surface area (Å²) in [5.41, 5.74) is 0.483. The van der Waals surface area contributed by atoms with Gasteiger partial charge in [-0.15, -0.1) is 11.3 Å². The summed E-state index contributed by atoms with van der Waals surface area (Å²) in [4.78, 5) is 22.6. The minimum atomic E-state index is -0.179. The molecule has 2 aromatic rings. The molecule has 2 aromatic heterocycles. The van der Waals surface area contributed by atoms with Gasteiger partial charge in [0.2, 0.25) is 0 Å². The molecule has 6 heteroatoms. The largest absolute Gasteiger partial charge is 0.371 e. The van der Waals surface area contributed by atoms with Crippen molar-refractivity contribution in [2.24, 2.45) is 0 Å². The number of carbonyl (C=O) groups is 1. The SMILES string of the molecule is O=C(c1cccnc1)N1CCOC2(CCN(Cc3cccs3)CC2)C1. The molecule has 2 aliphatic rings. The highest BCUT2D eigenvalue weighted by Crippen LogP contribution is 2.31. The predicted molar refractivity (Wildman–Crippen MR) is 97.7 cm³/mol. The molecule has 0 aromatic carbocycles. The lowest BCUT2D eigenvalue weighted by molar-refractivity contribution is -0.127. The van der Waals surface area contributed by atoms with Crippen LogP contribution < -0.4 is 0 Å². The van der Waals surface area contributed by atoms with Crippen molar-refractivity contribution in [2.75, 3.05) is 32.8 Å². The van der Waals surface area contributed by atoms with Crippen LogP contribution in [0.15, 0.2) is 42.0 Å². The fourth-order valence-corrected chi connectivity index (χ4v) is 4.48. The monoisotopic (exact) mass is 357 g/mol. The summed E-state index contributed by atoms with van der Waals surface area (Å²) < 4.78 is 6.17. The standard InChI is InChI=1S/C19H23N3O2S/c23-18(16-3-1-7-20-13-16)22-10-11-24-19(15-22)5-8-21(9-6-19)14-17-4-2-12-25-17/h1-4,7,12-13H,5-6,8-11,14-15H2. The number of morpholine rings is 1. The van der Waals surface area contributed by atoms with Crippen LogP contribution in [0.5, 0.6) is 0 Å². The number of likely N-dealkylation sites (tertiary alicyclic amines) is 1. The molecule has 0 saturated carbocycles. The summed E-state index contributed by atoms with van der Waals surface area (Å²) in [6.45, 7) is 5.03. The number of thiophene rings is 1. The highest BCUT2D eigenvalue weighted by Gasteiger charge is 2.41. The summed E-state index contributed by atoms with van der Waals surface area (Å²) >= 11 is 1.81. The summed E-state index contributed by atoms with van der Waals surface area (Å²) in [5.74, 6) is 0.0665. The van der Waals surface area contributed by atoms with Crippen LogP contribution in [0.25, 0.3) is 0 Å². The van der Waals surface area contributed by atoms with Crippen molar-refractivity contribution < 1.29 is 9.53 Å². The number of hydrogen-bond donors (Lipinski definition) is 0. The van der Waals surface area contributed by atoms with Crippen molar-refractivity contribution in [3.8, 4) is 0 Å². The third-order valence-corrected chi connectivity index (χ3v) is 6.03. The zero-order valence-electron chi connectivity index (χ0n) is 14.3. The van der Waals surface area contributed by atoms with Crippen LogP contribution in [0.1, 0.15) is 28.1 Å². The van der Waals surface area contributed by atoms with E-state index in [1.807, 2.05) is 28.4 Å². The Morgan fingerprint density at radius 2 is 2.12 bits per heavy atom. The van der Waals surface area contributed by atoms with Gasteiger partial charge in [-0.1, -0.05) is 6.07 Å². The highest BCUT2D eigenvalue weighted by molar-refractivity contribution is 7.09. The third kappa shape index (κ3) is 3.76. The first-order valence-electron chi connectivity index (χ1n) is 8.82. The lowest BCUT2D eigenvalue weighted by Crippen LogP contribution is -2.57. The topological polar surface area (TPSA) is 45.7 Å². The zero-order valence-corrected chi connectivity index (χ0v) is 15.1. The number of carbonyl (C=O) groups excluding carboxylic acids is 1. The average Bonchev–Trinajstić information content (AvgIpc) is 3.17. The van der Waals surface area contributed by atoms with Crippen molar-refractivity contribution in [2.45, 2.75) is 25.0 Å². The van der Waals surface area contributed by atoms with Crippen molar-refractivity contribution >= 4 is 17.2 Å². The number of pyridine rings is 1. The molecule has 2 aliphatic heterocycles. The smallest absolute Gasteiger partial charge is 0.255 e. The Kier molecular flexibility index (Phi) is 4.83. The van der Waals surface area contributed by atoms with Crippen LogP contribution in [-0.4, -0.2) is 59.1 Å². The van der Waals surface area contributed by atoms with Gasteiger partial charge in [-0.3, -0.25) is 14.7 Å². The molecule has 0 atom stereocenters. The molecule has 1 spiro atoms. The Morgan fingerprint density at radius 1 is 1.24 bits per heavy atom. The van der Waals surface area contributed by atoms with Crippen LogP contribution in [-0.2, 0) is 11.3 Å². The molecule has 4 heterocycles. The Labute approximate surface area is 152 Å². The minimum absolute atomic E-state index is 0.0665. The quantitative estimate of drug-likeness (QED) is 0.847. The number of ether oxygens (including phenoxy) is 1. The second kappa shape index (κ2) is 7.23. The number of hydrogen-bond acceptors (Lipinski definition) is 5. The van der Waals surface area contributed by atoms with E-state index in [4.69, 9.17) is 4.74 Å². The van der Waals surface area contributed by atoms with Crippen LogP contribution in [0.2, 0.25) is 0 Å². The van der Waals surface area contributed by atoms with Crippen molar-refractivity contribution in [3.05, 3.63) is 52.5 Å². The van der Waals surface area contributed by atoms with E-state index in [0.29, 0.717) is 25.3 Å². The van der Waals surface area contributed by atoms with Crippen LogP contribution in [0, 0.1) is 0 Å². The normalized spacial score (nSPS) is 20.7. The van der Waals surface area contributed by atoms with Gasteiger partial charge < -0.3 is 9.64 Å². The second-order valence-corrected chi connectivity index (χ2v) is 7.89. The Morgan fingerprint density at radius 3 is 2.84 bits per heavy atom. The number of aromatic nitrogens is 1. The Balaban J connectivity index is 1.37. The average molecular weight is 357 g/mol. The zero-order chi connectivity index (χ0) is 17.1. The summed E-state index contributed by atoms with van der Waals surface area (Å²) in [6.07, 6.45) is 5.30. The van der Waals surface area contributed by atoms with E-state index in [-0.39, 0.29) is 11.5 Å². The van der Waals surface area contributed by atoms with E-state index in [2.05, 4.69) is 27.4 Å². The van der Waals surface area contributed by atoms with Crippen molar-refractivity contribution in [3.63, 3.8) is 0 Å². The summed E-state index contributed by atoms with van der Waals surface area (Å²) in [7, 11) is 0. The maximum atomic E-state index is 12.7. The molecule has 2 saturated heterocycles. The lowest BCUT2D eigenvalue weighted by Gasteiger charge is -2.47. The predicted octanol–water partition coefficient (Wildman–Crippen LogP) is 2.65.